The highest BCUT2D eigenvalue weighted by atomic mass is 79.9. The molecule has 2 aromatic rings. The van der Waals surface area contributed by atoms with Crippen molar-refractivity contribution in [1.29, 1.82) is 0 Å². The van der Waals surface area contributed by atoms with Gasteiger partial charge < -0.3 is 5.32 Å². The molecule has 0 saturated carbocycles. The monoisotopic (exact) mass is 440 g/mol. The molecule has 3 nitrogen and oxygen atoms in total. The van der Waals surface area contributed by atoms with Crippen molar-refractivity contribution in [3.05, 3.63) is 62.5 Å². The molecule has 1 unspecified atom stereocenters. The van der Waals surface area contributed by atoms with E-state index in [1.165, 1.54) is 0 Å². The predicted molar refractivity (Wildman–Crippen MR) is 107 cm³/mol. The summed E-state index contributed by atoms with van der Waals surface area (Å²) in [6.07, 6.45) is 1.91. The topological polar surface area (TPSA) is 32.3 Å². The number of benzene rings is 2. The summed E-state index contributed by atoms with van der Waals surface area (Å²) in [5, 5.41) is 4.33. The van der Waals surface area contributed by atoms with E-state index in [4.69, 9.17) is 23.2 Å². The maximum atomic E-state index is 12.6. The number of nitrogens with one attached hydrogen (secondary N) is 1. The molecule has 1 aliphatic rings. The van der Waals surface area contributed by atoms with Gasteiger partial charge in [0.15, 0.2) is 0 Å². The van der Waals surface area contributed by atoms with E-state index in [1.54, 1.807) is 6.07 Å². The summed E-state index contributed by atoms with van der Waals surface area (Å²) in [7, 11) is 0. The Bertz CT molecular complexity index is 769. The standard InChI is InChI=1S/C19H19BrCl2N2O/c20-15-4-1-5-17(9-15)23-19(25)14-3-2-8-24(12-14)11-13-6-7-16(21)10-18(13)22/h1,4-7,9-10,14H,2-3,8,11-12H2,(H,23,25). The van der Waals surface area contributed by atoms with Gasteiger partial charge in [-0.25, -0.2) is 0 Å². The van der Waals surface area contributed by atoms with Crippen LogP contribution in [0.25, 0.3) is 0 Å². The molecule has 2 aromatic carbocycles. The van der Waals surface area contributed by atoms with Crippen LogP contribution in [0.15, 0.2) is 46.9 Å². The normalized spacial score (nSPS) is 18.1. The number of anilines is 1. The molecule has 1 amide bonds. The van der Waals surface area contributed by atoms with Crippen LogP contribution in [-0.2, 0) is 11.3 Å². The van der Waals surface area contributed by atoms with Gasteiger partial charge in [0, 0.05) is 33.3 Å². The Kier molecular flexibility index (Phi) is 6.39. The molecule has 1 heterocycles. The Morgan fingerprint density at radius 1 is 1.24 bits per heavy atom. The van der Waals surface area contributed by atoms with E-state index in [0.29, 0.717) is 10.0 Å². The summed E-state index contributed by atoms with van der Waals surface area (Å²) >= 11 is 15.7. The summed E-state index contributed by atoms with van der Waals surface area (Å²) in [4.78, 5) is 14.9. The molecule has 1 fully saturated rings. The number of rotatable bonds is 4. The van der Waals surface area contributed by atoms with Crippen molar-refractivity contribution >= 4 is 50.7 Å². The molecule has 1 N–H and O–H groups in total. The molecule has 1 aliphatic heterocycles. The molecule has 25 heavy (non-hydrogen) atoms. The lowest BCUT2D eigenvalue weighted by atomic mass is 9.96. The molecular weight excluding hydrogens is 423 g/mol. The highest BCUT2D eigenvalue weighted by Gasteiger charge is 2.26. The van der Waals surface area contributed by atoms with Crippen molar-refractivity contribution in [2.24, 2.45) is 5.92 Å². The van der Waals surface area contributed by atoms with Gasteiger partial charge in [-0.15, -0.1) is 0 Å². The third-order valence-electron chi connectivity index (χ3n) is 4.38. The van der Waals surface area contributed by atoms with Crippen LogP contribution >= 0.6 is 39.1 Å². The third kappa shape index (κ3) is 5.20. The van der Waals surface area contributed by atoms with Crippen LogP contribution in [0.1, 0.15) is 18.4 Å². The maximum absolute atomic E-state index is 12.6. The summed E-state index contributed by atoms with van der Waals surface area (Å²) in [5.74, 6) is 0.0591. The van der Waals surface area contributed by atoms with Crippen molar-refractivity contribution in [3.8, 4) is 0 Å². The van der Waals surface area contributed by atoms with Gasteiger partial charge in [-0.3, -0.25) is 9.69 Å². The molecule has 0 spiro atoms. The zero-order valence-corrected chi connectivity index (χ0v) is 16.7. The van der Waals surface area contributed by atoms with Crippen LogP contribution in [-0.4, -0.2) is 23.9 Å². The van der Waals surface area contributed by atoms with Crippen molar-refractivity contribution in [3.63, 3.8) is 0 Å². The van der Waals surface area contributed by atoms with Crippen molar-refractivity contribution in [1.82, 2.24) is 4.90 Å². The number of hydrogen-bond donors (Lipinski definition) is 1. The first kappa shape index (κ1) is 18.7. The average Bonchev–Trinajstić information content (AvgIpc) is 2.58. The molecule has 6 heteroatoms. The van der Waals surface area contributed by atoms with Crippen LogP contribution in [0.4, 0.5) is 5.69 Å². The van der Waals surface area contributed by atoms with Crippen molar-refractivity contribution < 1.29 is 4.79 Å². The van der Waals surface area contributed by atoms with Gasteiger partial charge in [-0.05, 0) is 55.3 Å². The number of carbonyl (C=O) groups excluding carboxylic acids is 1. The van der Waals surface area contributed by atoms with Crippen LogP contribution in [0.2, 0.25) is 10.0 Å². The van der Waals surface area contributed by atoms with E-state index in [2.05, 4.69) is 26.1 Å². The molecule has 1 atom stereocenters. The van der Waals surface area contributed by atoms with E-state index in [-0.39, 0.29) is 11.8 Å². The van der Waals surface area contributed by atoms with Gasteiger partial charge >= 0.3 is 0 Å². The first-order valence-corrected chi connectivity index (χ1v) is 9.79. The second-order valence-electron chi connectivity index (χ2n) is 6.31. The average molecular weight is 442 g/mol. The SMILES string of the molecule is O=C(Nc1cccc(Br)c1)C1CCCN(Cc2ccc(Cl)cc2Cl)C1. The second-order valence-corrected chi connectivity index (χ2v) is 8.07. The number of piperidine rings is 1. The second kappa shape index (κ2) is 8.54. The number of halogens is 3. The lowest BCUT2D eigenvalue weighted by molar-refractivity contribution is -0.121. The molecule has 0 aliphatic carbocycles. The quantitative estimate of drug-likeness (QED) is 0.668. The van der Waals surface area contributed by atoms with E-state index in [1.807, 2.05) is 36.4 Å². The fourth-order valence-electron chi connectivity index (χ4n) is 3.11. The minimum Gasteiger partial charge on any atom is -0.326 e. The Labute approximate surface area is 166 Å². The fourth-order valence-corrected chi connectivity index (χ4v) is 3.98. The zero-order valence-electron chi connectivity index (χ0n) is 13.6. The van der Waals surface area contributed by atoms with Gasteiger partial charge in [0.1, 0.15) is 0 Å². The minimum absolute atomic E-state index is 0.0150. The summed E-state index contributed by atoms with van der Waals surface area (Å²) in [6, 6.07) is 13.2. The maximum Gasteiger partial charge on any atom is 0.228 e. The van der Waals surface area contributed by atoms with Gasteiger partial charge in [0.2, 0.25) is 5.91 Å². The Morgan fingerprint density at radius 3 is 2.84 bits per heavy atom. The van der Waals surface area contributed by atoms with E-state index in [0.717, 1.165) is 48.2 Å². The molecule has 1 saturated heterocycles. The Hall–Kier alpha value is -1.07. The largest absolute Gasteiger partial charge is 0.326 e. The lowest BCUT2D eigenvalue weighted by Gasteiger charge is -2.32. The number of carbonyl (C=O) groups is 1. The van der Waals surface area contributed by atoms with E-state index >= 15 is 0 Å². The lowest BCUT2D eigenvalue weighted by Crippen LogP contribution is -2.40. The number of amides is 1. The number of nitrogens with zero attached hydrogens (tertiary/aromatic N) is 1. The molecule has 3 rings (SSSR count). The molecule has 132 valence electrons. The molecule has 0 bridgehead atoms. The van der Waals surface area contributed by atoms with Crippen molar-refractivity contribution in [2.45, 2.75) is 19.4 Å². The van der Waals surface area contributed by atoms with E-state index in [9.17, 15) is 4.79 Å². The van der Waals surface area contributed by atoms with Gasteiger partial charge in [0.05, 0.1) is 5.92 Å². The fraction of sp³-hybridized carbons (Fsp3) is 0.316. The first-order valence-electron chi connectivity index (χ1n) is 8.24. The first-order chi connectivity index (χ1) is 12.0. The predicted octanol–water partition coefficient (Wildman–Crippen LogP) is 5.61. The highest BCUT2D eigenvalue weighted by Crippen LogP contribution is 2.25. The van der Waals surface area contributed by atoms with Gasteiger partial charge in [-0.2, -0.15) is 0 Å². The van der Waals surface area contributed by atoms with Crippen LogP contribution in [0, 0.1) is 5.92 Å². The molecule has 0 aromatic heterocycles. The third-order valence-corrected chi connectivity index (χ3v) is 5.46. The van der Waals surface area contributed by atoms with Crippen LogP contribution in [0.3, 0.4) is 0 Å². The van der Waals surface area contributed by atoms with Crippen molar-refractivity contribution in [2.75, 3.05) is 18.4 Å². The summed E-state index contributed by atoms with van der Waals surface area (Å²) in [6.45, 7) is 2.44. The molecular formula is C19H19BrCl2N2O. The Morgan fingerprint density at radius 2 is 2.08 bits per heavy atom. The van der Waals surface area contributed by atoms with Gasteiger partial charge in [-0.1, -0.05) is 51.3 Å². The molecule has 0 radical (unpaired) electrons. The highest BCUT2D eigenvalue weighted by molar-refractivity contribution is 9.10. The van der Waals surface area contributed by atoms with Gasteiger partial charge in [0.25, 0.3) is 0 Å². The number of hydrogen-bond acceptors (Lipinski definition) is 2. The van der Waals surface area contributed by atoms with E-state index < -0.39 is 0 Å². The smallest absolute Gasteiger partial charge is 0.228 e. The van der Waals surface area contributed by atoms with Crippen LogP contribution in [0.5, 0.6) is 0 Å². The minimum atomic E-state index is -0.0150. The summed E-state index contributed by atoms with van der Waals surface area (Å²) in [5.41, 5.74) is 1.86. The zero-order chi connectivity index (χ0) is 17.8. The Balaban J connectivity index is 1.61. The summed E-state index contributed by atoms with van der Waals surface area (Å²) < 4.78 is 0.952. The number of likely N-dealkylation sites (tertiary alicyclic amines) is 1. The van der Waals surface area contributed by atoms with Crippen LogP contribution < -0.4 is 5.32 Å².